The maximum atomic E-state index is 14.0. The molecule has 0 aromatic heterocycles. The average Bonchev–Trinajstić information content (AvgIpc) is 3.32. The van der Waals surface area contributed by atoms with Gasteiger partial charge in [-0.05, 0) is 67.0 Å². The third-order valence-corrected chi connectivity index (χ3v) is 9.95. The summed E-state index contributed by atoms with van der Waals surface area (Å²) < 4.78 is 55.6. The van der Waals surface area contributed by atoms with Crippen LogP contribution >= 0.6 is 0 Å². The molecule has 4 aliphatic rings. The van der Waals surface area contributed by atoms with Crippen molar-refractivity contribution in [1.82, 2.24) is 9.80 Å². The lowest BCUT2D eigenvalue weighted by Gasteiger charge is -2.65. The SMILES string of the molecule is C=CCN1CC[C@]23c4c5ccc(O)c4OC2C(N(CC(C)C)C(=O)/C=C/c2cccc(OC(F)(F)F)c2)CC[C@@]3(OC(C)=O)[C@H]1C5. The van der Waals surface area contributed by atoms with Crippen LogP contribution in [0.4, 0.5) is 13.2 Å². The van der Waals surface area contributed by atoms with Gasteiger partial charge in [0.15, 0.2) is 11.5 Å². The highest BCUT2D eigenvalue weighted by molar-refractivity contribution is 5.92. The largest absolute Gasteiger partial charge is 0.573 e. The Morgan fingerprint density at radius 3 is 2.72 bits per heavy atom. The minimum Gasteiger partial charge on any atom is -0.504 e. The predicted molar refractivity (Wildman–Crippen MR) is 164 cm³/mol. The fraction of sp³-hybridized carbons (Fsp3) is 0.486. The minimum atomic E-state index is -4.83. The maximum absolute atomic E-state index is 14.0. The Morgan fingerprint density at radius 1 is 1.24 bits per heavy atom. The number of benzene rings is 2. The highest BCUT2D eigenvalue weighted by Crippen LogP contribution is 2.67. The molecule has 1 saturated heterocycles. The second kappa shape index (κ2) is 11.7. The zero-order valence-electron chi connectivity index (χ0n) is 26.2. The van der Waals surface area contributed by atoms with Gasteiger partial charge < -0.3 is 24.2 Å². The Kier molecular flexibility index (Phi) is 8.11. The van der Waals surface area contributed by atoms with Crippen molar-refractivity contribution in [3.05, 3.63) is 71.8 Å². The molecule has 2 aliphatic carbocycles. The molecule has 246 valence electrons. The van der Waals surface area contributed by atoms with Crippen LogP contribution in [0.25, 0.3) is 6.08 Å². The van der Waals surface area contributed by atoms with Gasteiger partial charge in [0, 0.05) is 38.2 Å². The third kappa shape index (κ3) is 5.22. The molecule has 1 N–H and O–H groups in total. The first-order valence-corrected chi connectivity index (χ1v) is 15.7. The zero-order valence-corrected chi connectivity index (χ0v) is 26.2. The summed E-state index contributed by atoms with van der Waals surface area (Å²) in [4.78, 5) is 31.0. The van der Waals surface area contributed by atoms with Crippen LogP contribution in [0, 0.1) is 5.92 Å². The number of esters is 1. The molecule has 8 nitrogen and oxygen atoms in total. The van der Waals surface area contributed by atoms with E-state index in [-0.39, 0.29) is 29.4 Å². The van der Waals surface area contributed by atoms with Crippen LogP contribution in [0.3, 0.4) is 0 Å². The summed E-state index contributed by atoms with van der Waals surface area (Å²) in [5, 5.41) is 11.1. The third-order valence-electron chi connectivity index (χ3n) is 9.95. The zero-order chi connectivity index (χ0) is 33.0. The van der Waals surface area contributed by atoms with Crippen LogP contribution in [0.15, 0.2) is 55.1 Å². The van der Waals surface area contributed by atoms with Gasteiger partial charge in [-0.15, -0.1) is 19.8 Å². The number of phenolic OH excluding ortho intramolecular Hbond substituents is 1. The number of likely N-dealkylation sites (tertiary alicyclic amines) is 1. The summed E-state index contributed by atoms with van der Waals surface area (Å²) in [5.74, 6) is -0.619. The van der Waals surface area contributed by atoms with E-state index in [0.29, 0.717) is 56.6 Å². The first-order valence-electron chi connectivity index (χ1n) is 15.7. The molecule has 2 aromatic carbocycles. The Labute approximate surface area is 266 Å². The van der Waals surface area contributed by atoms with Crippen molar-refractivity contribution in [2.75, 3.05) is 19.6 Å². The van der Waals surface area contributed by atoms with E-state index in [1.165, 1.54) is 37.3 Å². The van der Waals surface area contributed by atoms with Crippen molar-refractivity contribution in [1.29, 1.82) is 0 Å². The van der Waals surface area contributed by atoms with E-state index in [1.54, 1.807) is 17.0 Å². The fourth-order valence-corrected chi connectivity index (χ4v) is 8.60. The van der Waals surface area contributed by atoms with Gasteiger partial charge in [0.2, 0.25) is 5.91 Å². The number of ether oxygens (including phenoxy) is 3. The molecule has 2 heterocycles. The number of hydrogen-bond donors (Lipinski definition) is 1. The molecular formula is C35H39F3N2O6. The number of piperidine rings is 1. The Balaban J connectivity index is 1.41. The summed E-state index contributed by atoms with van der Waals surface area (Å²) in [6.07, 6.45) is 1.39. The normalized spacial score (nSPS) is 28.0. The van der Waals surface area contributed by atoms with E-state index in [1.807, 2.05) is 26.0 Å². The maximum Gasteiger partial charge on any atom is 0.573 e. The summed E-state index contributed by atoms with van der Waals surface area (Å²) in [6, 6.07) is 8.41. The monoisotopic (exact) mass is 640 g/mol. The summed E-state index contributed by atoms with van der Waals surface area (Å²) in [7, 11) is 0. The second-order valence-electron chi connectivity index (χ2n) is 13.1. The van der Waals surface area contributed by atoms with Crippen LogP contribution in [0.2, 0.25) is 0 Å². The highest BCUT2D eigenvalue weighted by Gasteiger charge is 2.75. The molecule has 2 fully saturated rings. The number of amides is 1. The van der Waals surface area contributed by atoms with Crippen molar-refractivity contribution in [3.63, 3.8) is 0 Å². The second-order valence-corrected chi connectivity index (χ2v) is 13.1. The predicted octanol–water partition coefficient (Wildman–Crippen LogP) is 5.77. The van der Waals surface area contributed by atoms with E-state index in [9.17, 15) is 27.9 Å². The lowest BCUT2D eigenvalue weighted by atomic mass is 9.48. The van der Waals surface area contributed by atoms with Crippen molar-refractivity contribution in [2.24, 2.45) is 5.92 Å². The van der Waals surface area contributed by atoms with Crippen LogP contribution in [-0.4, -0.2) is 76.6 Å². The molecule has 1 saturated carbocycles. The van der Waals surface area contributed by atoms with Gasteiger partial charge in [-0.2, -0.15) is 0 Å². The molecule has 46 heavy (non-hydrogen) atoms. The van der Waals surface area contributed by atoms with Gasteiger partial charge in [0.05, 0.1) is 17.5 Å². The van der Waals surface area contributed by atoms with Gasteiger partial charge in [-0.1, -0.05) is 38.1 Å². The van der Waals surface area contributed by atoms with Crippen molar-refractivity contribution < 1.29 is 42.1 Å². The topological polar surface area (TPSA) is 88.5 Å². The van der Waals surface area contributed by atoms with E-state index in [4.69, 9.17) is 9.47 Å². The molecule has 11 heteroatoms. The standard InChI is InChI=1S/C35H39F3N2O6/c1-5-16-39-17-15-33-30-24-10-11-27(42)31(30)44-32(33)26(13-14-34(33,28(39)19-24)45-22(4)41)40(20-21(2)3)29(43)12-9-23-7-6-8-25(18-23)46-35(36,37)38/h5-12,18,21,26,28,32,42H,1,13-17,19-20H2,2-4H3/b12-9+/t26?,28-,32?,33+,34-/m1/s1. The van der Waals surface area contributed by atoms with E-state index in [0.717, 1.165) is 11.1 Å². The summed E-state index contributed by atoms with van der Waals surface area (Å²) in [5.41, 5.74) is 0.509. The molecule has 2 unspecified atom stereocenters. The molecule has 0 radical (unpaired) electrons. The number of halogens is 3. The Morgan fingerprint density at radius 2 is 2.02 bits per heavy atom. The van der Waals surface area contributed by atoms with Crippen molar-refractivity contribution in [3.8, 4) is 17.2 Å². The molecule has 6 rings (SSSR count). The van der Waals surface area contributed by atoms with Gasteiger partial charge in [-0.25, -0.2) is 0 Å². The van der Waals surface area contributed by atoms with Crippen LogP contribution in [0.5, 0.6) is 17.2 Å². The molecular weight excluding hydrogens is 601 g/mol. The summed E-state index contributed by atoms with van der Waals surface area (Å²) in [6.45, 7) is 11.1. The van der Waals surface area contributed by atoms with Gasteiger partial charge in [0.25, 0.3) is 0 Å². The Bertz CT molecular complexity index is 1570. The van der Waals surface area contributed by atoms with E-state index < -0.39 is 35.5 Å². The van der Waals surface area contributed by atoms with Crippen LogP contribution in [0.1, 0.15) is 56.7 Å². The van der Waals surface area contributed by atoms with E-state index in [2.05, 4.69) is 16.2 Å². The molecule has 5 atom stereocenters. The molecule has 1 amide bonds. The molecule has 2 aromatic rings. The Hall–Kier alpha value is -3.99. The highest BCUT2D eigenvalue weighted by atomic mass is 19.4. The fourth-order valence-electron chi connectivity index (χ4n) is 8.60. The first-order chi connectivity index (χ1) is 21.8. The number of carbonyl (C=O) groups excluding carboxylic acids is 2. The molecule has 1 spiro atoms. The molecule has 2 bridgehead atoms. The first kappa shape index (κ1) is 32.0. The number of carbonyl (C=O) groups is 2. The smallest absolute Gasteiger partial charge is 0.504 e. The summed E-state index contributed by atoms with van der Waals surface area (Å²) >= 11 is 0. The average molecular weight is 641 g/mol. The number of nitrogens with zero attached hydrogens (tertiary/aromatic N) is 2. The van der Waals surface area contributed by atoms with Gasteiger partial charge in [0.1, 0.15) is 17.5 Å². The lowest BCUT2D eigenvalue weighted by Crippen LogP contribution is -2.79. The number of hydrogen-bond acceptors (Lipinski definition) is 7. The quantitative estimate of drug-likeness (QED) is 0.212. The van der Waals surface area contributed by atoms with E-state index >= 15 is 0 Å². The van der Waals surface area contributed by atoms with Gasteiger partial charge in [-0.3, -0.25) is 14.5 Å². The lowest BCUT2D eigenvalue weighted by molar-refractivity contribution is -0.274. The van der Waals surface area contributed by atoms with Crippen molar-refractivity contribution in [2.45, 2.75) is 82.0 Å². The van der Waals surface area contributed by atoms with Crippen molar-refractivity contribution >= 4 is 18.0 Å². The number of phenols is 1. The van der Waals surface area contributed by atoms with Gasteiger partial charge >= 0.3 is 12.3 Å². The van der Waals surface area contributed by atoms with Crippen LogP contribution < -0.4 is 9.47 Å². The molecule has 2 aliphatic heterocycles. The number of aromatic hydroxyl groups is 1. The minimum absolute atomic E-state index is 0.00700. The van der Waals surface area contributed by atoms with Crippen LogP contribution in [-0.2, 0) is 26.2 Å². The number of rotatable bonds is 9. The number of alkyl halides is 3.